The summed E-state index contributed by atoms with van der Waals surface area (Å²) in [7, 11) is 1.55. The van der Waals surface area contributed by atoms with E-state index in [2.05, 4.69) is 5.32 Å². The Morgan fingerprint density at radius 1 is 1.18 bits per heavy atom. The molecule has 2 aromatic rings. The number of hydrogen-bond acceptors (Lipinski definition) is 2. The average Bonchev–Trinajstić information content (AvgIpc) is 2.89. The van der Waals surface area contributed by atoms with Gasteiger partial charge in [0.25, 0.3) is 0 Å². The molecule has 1 unspecified atom stereocenters. The molecular weight excluding hydrogens is 315 g/mol. The first-order chi connectivity index (χ1) is 10.4. The molecule has 0 amide bonds. The first kappa shape index (κ1) is 15.0. The molecule has 0 saturated carbocycles. The lowest BCUT2D eigenvalue weighted by atomic mass is 10.0. The van der Waals surface area contributed by atoms with Gasteiger partial charge < -0.3 is 10.1 Å². The molecule has 116 valence electrons. The maximum Gasteiger partial charge on any atom is 0.416 e. The highest BCUT2D eigenvalue weighted by atomic mass is 35.5. The third-order valence-corrected chi connectivity index (χ3v) is 3.99. The third-order valence-electron chi connectivity index (χ3n) is 3.75. The molecule has 0 bridgehead atoms. The monoisotopic (exact) mass is 327 g/mol. The zero-order valence-electron chi connectivity index (χ0n) is 11.7. The zero-order valence-corrected chi connectivity index (χ0v) is 12.4. The van der Waals surface area contributed by atoms with Gasteiger partial charge in [0.05, 0.1) is 18.7 Å². The smallest absolute Gasteiger partial charge is 0.416 e. The number of hydrogen-bond donors (Lipinski definition) is 1. The van der Waals surface area contributed by atoms with Crippen molar-refractivity contribution < 1.29 is 17.9 Å². The Bertz CT molecular complexity index is 715. The molecule has 1 atom stereocenters. The lowest BCUT2D eigenvalue weighted by Crippen LogP contribution is -2.07. The van der Waals surface area contributed by atoms with E-state index in [-0.39, 0.29) is 6.04 Å². The van der Waals surface area contributed by atoms with Crippen LogP contribution in [0.5, 0.6) is 5.75 Å². The fourth-order valence-electron chi connectivity index (χ4n) is 2.70. The third kappa shape index (κ3) is 2.73. The maximum absolute atomic E-state index is 12.8. The van der Waals surface area contributed by atoms with Crippen LogP contribution in [0.1, 0.15) is 22.7 Å². The number of methoxy groups -OCH3 is 1. The zero-order chi connectivity index (χ0) is 15.9. The normalized spacial score (nSPS) is 17.0. The van der Waals surface area contributed by atoms with Crippen LogP contribution in [0, 0.1) is 0 Å². The predicted molar refractivity (Wildman–Crippen MR) is 79.5 cm³/mol. The standard InChI is InChI=1S/C16H13ClF3NO/c1-22-15-5-3-11(17)8-12(15)14-7-9-6-10(16(18,19)20)2-4-13(9)21-14/h2-6,8,14,21H,7H2,1H3. The molecule has 0 radical (unpaired) electrons. The highest BCUT2D eigenvalue weighted by molar-refractivity contribution is 6.30. The van der Waals surface area contributed by atoms with Gasteiger partial charge in [0, 0.05) is 16.3 Å². The number of fused-ring (bicyclic) bond motifs is 1. The molecule has 1 aliphatic heterocycles. The van der Waals surface area contributed by atoms with Crippen LogP contribution in [-0.2, 0) is 12.6 Å². The second kappa shape index (κ2) is 5.39. The summed E-state index contributed by atoms with van der Waals surface area (Å²) in [5.41, 5.74) is 1.55. The van der Waals surface area contributed by atoms with Crippen LogP contribution in [-0.4, -0.2) is 7.11 Å². The summed E-state index contributed by atoms with van der Waals surface area (Å²) in [4.78, 5) is 0. The molecular formula is C16H13ClF3NO. The van der Waals surface area contributed by atoms with Gasteiger partial charge in [-0.3, -0.25) is 0 Å². The fourth-order valence-corrected chi connectivity index (χ4v) is 2.88. The first-order valence-corrected chi connectivity index (χ1v) is 7.06. The van der Waals surface area contributed by atoms with Crippen molar-refractivity contribution in [1.82, 2.24) is 0 Å². The highest BCUT2D eigenvalue weighted by Gasteiger charge is 2.33. The van der Waals surface area contributed by atoms with Crippen LogP contribution in [0.4, 0.5) is 18.9 Å². The summed E-state index contributed by atoms with van der Waals surface area (Å²) in [6.07, 6.45) is -3.88. The Kier molecular flexibility index (Phi) is 3.68. The van der Waals surface area contributed by atoms with Crippen molar-refractivity contribution in [1.29, 1.82) is 0 Å². The van der Waals surface area contributed by atoms with Crippen molar-refractivity contribution >= 4 is 17.3 Å². The second-order valence-electron chi connectivity index (χ2n) is 5.16. The van der Waals surface area contributed by atoms with Crippen molar-refractivity contribution in [2.75, 3.05) is 12.4 Å². The molecule has 0 spiro atoms. The van der Waals surface area contributed by atoms with Crippen LogP contribution in [0.25, 0.3) is 0 Å². The van der Waals surface area contributed by atoms with Gasteiger partial charge in [-0.1, -0.05) is 11.6 Å². The van der Waals surface area contributed by atoms with Gasteiger partial charge in [-0.15, -0.1) is 0 Å². The largest absolute Gasteiger partial charge is 0.496 e. The molecule has 22 heavy (non-hydrogen) atoms. The van der Waals surface area contributed by atoms with Gasteiger partial charge in [0.2, 0.25) is 0 Å². The van der Waals surface area contributed by atoms with Crippen LogP contribution >= 0.6 is 11.6 Å². The Morgan fingerprint density at radius 3 is 2.64 bits per heavy atom. The summed E-state index contributed by atoms with van der Waals surface area (Å²) in [5.74, 6) is 0.658. The number of alkyl halides is 3. The van der Waals surface area contributed by atoms with Gasteiger partial charge in [-0.05, 0) is 48.4 Å². The lowest BCUT2D eigenvalue weighted by molar-refractivity contribution is -0.137. The lowest BCUT2D eigenvalue weighted by Gasteiger charge is -2.16. The van der Waals surface area contributed by atoms with Crippen molar-refractivity contribution in [3.63, 3.8) is 0 Å². The number of benzene rings is 2. The molecule has 3 rings (SSSR count). The van der Waals surface area contributed by atoms with Crippen LogP contribution in [0.15, 0.2) is 36.4 Å². The van der Waals surface area contributed by atoms with Crippen molar-refractivity contribution in [3.05, 3.63) is 58.1 Å². The second-order valence-corrected chi connectivity index (χ2v) is 5.59. The Morgan fingerprint density at radius 2 is 1.95 bits per heavy atom. The molecule has 6 heteroatoms. The molecule has 0 saturated heterocycles. The fraction of sp³-hybridized carbons (Fsp3) is 0.250. The van der Waals surface area contributed by atoms with Gasteiger partial charge in [0.1, 0.15) is 5.75 Å². The molecule has 1 N–H and O–H groups in total. The number of halogens is 4. The van der Waals surface area contributed by atoms with Crippen molar-refractivity contribution in [2.24, 2.45) is 0 Å². The summed E-state index contributed by atoms with van der Waals surface area (Å²) in [5, 5.41) is 3.79. The SMILES string of the molecule is COc1ccc(Cl)cc1C1Cc2cc(C(F)(F)F)ccc2N1. The van der Waals surface area contributed by atoms with E-state index in [1.54, 1.807) is 25.3 Å². The van der Waals surface area contributed by atoms with Crippen LogP contribution < -0.4 is 10.1 Å². The molecule has 1 heterocycles. The maximum atomic E-state index is 12.8. The minimum absolute atomic E-state index is 0.160. The molecule has 0 aromatic heterocycles. The number of ether oxygens (including phenoxy) is 1. The van der Waals surface area contributed by atoms with Crippen molar-refractivity contribution in [3.8, 4) is 5.75 Å². The minimum atomic E-state index is -4.33. The Labute approximate surface area is 130 Å². The van der Waals surface area contributed by atoms with Crippen LogP contribution in [0.3, 0.4) is 0 Å². The van der Waals surface area contributed by atoms with Crippen molar-refractivity contribution in [2.45, 2.75) is 18.6 Å². The first-order valence-electron chi connectivity index (χ1n) is 6.68. The van der Waals surface area contributed by atoms with Crippen LogP contribution in [0.2, 0.25) is 5.02 Å². The van der Waals surface area contributed by atoms with E-state index in [0.29, 0.717) is 28.4 Å². The predicted octanol–water partition coefficient (Wildman–Crippen LogP) is 5.08. The number of rotatable bonds is 2. The number of anilines is 1. The highest BCUT2D eigenvalue weighted by Crippen LogP contribution is 2.41. The van der Waals surface area contributed by atoms with E-state index in [1.165, 1.54) is 12.1 Å². The summed E-state index contributed by atoms with van der Waals surface area (Å²) in [6.45, 7) is 0. The average molecular weight is 328 g/mol. The molecule has 2 nitrogen and oxygen atoms in total. The van der Waals surface area contributed by atoms with Gasteiger partial charge in [-0.2, -0.15) is 13.2 Å². The minimum Gasteiger partial charge on any atom is -0.496 e. The Hall–Kier alpha value is -1.88. The van der Waals surface area contributed by atoms with Gasteiger partial charge in [0.15, 0.2) is 0 Å². The Balaban J connectivity index is 1.93. The quantitative estimate of drug-likeness (QED) is 0.830. The van der Waals surface area contributed by atoms with E-state index in [1.807, 2.05) is 0 Å². The topological polar surface area (TPSA) is 21.3 Å². The summed E-state index contributed by atoms with van der Waals surface area (Å²) < 4.78 is 43.7. The van der Waals surface area contributed by atoms with E-state index in [4.69, 9.17) is 16.3 Å². The molecule has 1 aliphatic rings. The molecule has 0 aliphatic carbocycles. The van der Waals surface area contributed by atoms with E-state index < -0.39 is 11.7 Å². The molecule has 2 aromatic carbocycles. The summed E-state index contributed by atoms with van der Waals surface area (Å²) >= 11 is 6.02. The van der Waals surface area contributed by atoms with E-state index in [0.717, 1.165) is 11.6 Å². The van der Waals surface area contributed by atoms with E-state index >= 15 is 0 Å². The number of nitrogens with one attached hydrogen (secondary N) is 1. The molecule has 0 fully saturated rings. The van der Waals surface area contributed by atoms with Gasteiger partial charge in [-0.25, -0.2) is 0 Å². The summed E-state index contributed by atoms with van der Waals surface area (Å²) in [6, 6.07) is 8.83. The van der Waals surface area contributed by atoms with E-state index in [9.17, 15) is 13.2 Å². The van der Waals surface area contributed by atoms with Gasteiger partial charge >= 0.3 is 6.18 Å².